The van der Waals surface area contributed by atoms with E-state index in [1.54, 1.807) is 0 Å². The highest BCUT2D eigenvalue weighted by atomic mass is 16.2. The summed E-state index contributed by atoms with van der Waals surface area (Å²) < 4.78 is 0. The number of aromatic nitrogens is 1. The Morgan fingerprint density at radius 3 is 2.41 bits per heavy atom. The fourth-order valence-corrected chi connectivity index (χ4v) is 1.54. The predicted molar refractivity (Wildman–Crippen MR) is 56.1 cm³/mol. The monoisotopic (exact) mass is 235 g/mol. The molecule has 3 amide bonds. The first kappa shape index (κ1) is 11.1. The summed E-state index contributed by atoms with van der Waals surface area (Å²) in [5, 5.41) is 2.07. The molecule has 2 N–H and O–H groups in total. The molecule has 0 atom stereocenters. The molecule has 0 bridgehead atoms. The van der Waals surface area contributed by atoms with E-state index in [0.717, 1.165) is 4.90 Å². The molecule has 1 saturated heterocycles. The van der Waals surface area contributed by atoms with E-state index in [1.165, 1.54) is 18.3 Å². The van der Waals surface area contributed by atoms with Crippen LogP contribution in [0.25, 0.3) is 0 Å². The van der Waals surface area contributed by atoms with Crippen LogP contribution in [0.15, 0.2) is 23.1 Å². The van der Waals surface area contributed by atoms with Gasteiger partial charge in [0, 0.05) is 6.20 Å². The van der Waals surface area contributed by atoms with Crippen LogP contribution in [0.2, 0.25) is 0 Å². The van der Waals surface area contributed by atoms with Gasteiger partial charge in [-0.05, 0) is 12.1 Å². The molecule has 1 fully saturated rings. The van der Waals surface area contributed by atoms with E-state index in [4.69, 9.17) is 0 Å². The maximum Gasteiger partial charge on any atom is 0.260 e. The third-order valence-electron chi connectivity index (χ3n) is 2.28. The van der Waals surface area contributed by atoms with Crippen LogP contribution in [0.1, 0.15) is 10.4 Å². The van der Waals surface area contributed by atoms with Gasteiger partial charge in [0.2, 0.25) is 11.8 Å². The Labute approximate surface area is 95.4 Å². The maximum absolute atomic E-state index is 11.9. The smallest absolute Gasteiger partial charge is 0.260 e. The summed E-state index contributed by atoms with van der Waals surface area (Å²) in [7, 11) is 0. The second-order valence-electron chi connectivity index (χ2n) is 3.55. The number of imide groups is 1. The number of amides is 3. The SMILES string of the molecule is O=C1CN(C(=O)c2ccc[nH]c2=O)CC(=O)N1. The number of carbonyl (C=O) groups is 3. The van der Waals surface area contributed by atoms with E-state index >= 15 is 0 Å². The summed E-state index contributed by atoms with van der Waals surface area (Å²) in [4.78, 5) is 48.8. The number of pyridine rings is 1. The molecule has 0 spiro atoms. The molecule has 2 rings (SSSR count). The number of nitrogens with zero attached hydrogens (tertiary/aromatic N) is 1. The van der Waals surface area contributed by atoms with Crippen molar-refractivity contribution in [1.29, 1.82) is 0 Å². The van der Waals surface area contributed by atoms with Crippen molar-refractivity contribution in [3.05, 3.63) is 34.2 Å². The van der Waals surface area contributed by atoms with E-state index in [0.29, 0.717) is 0 Å². The number of H-pyrrole nitrogens is 1. The molecule has 2 heterocycles. The molecule has 1 aliphatic heterocycles. The molecule has 7 nitrogen and oxygen atoms in total. The van der Waals surface area contributed by atoms with Crippen molar-refractivity contribution in [2.24, 2.45) is 0 Å². The Morgan fingerprint density at radius 1 is 1.18 bits per heavy atom. The van der Waals surface area contributed by atoms with Gasteiger partial charge < -0.3 is 9.88 Å². The van der Waals surface area contributed by atoms with E-state index < -0.39 is 23.3 Å². The van der Waals surface area contributed by atoms with Crippen LogP contribution in [0, 0.1) is 0 Å². The predicted octanol–water partition coefficient (Wildman–Crippen LogP) is -1.53. The van der Waals surface area contributed by atoms with Gasteiger partial charge in [0.1, 0.15) is 18.7 Å². The minimum absolute atomic E-state index is 0.0880. The van der Waals surface area contributed by atoms with Crippen LogP contribution in [-0.4, -0.2) is 40.7 Å². The van der Waals surface area contributed by atoms with Crippen LogP contribution in [-0.2, 0) is 9.59 Å². The average Bonchev–Trinajstić information content (AvgIpc) is 2.27. The van der Waals surface area contributed by atoms with Gasteiger partial charge in [-0.1, -0.05) is 0 Å². The first-order valence-electron chi connectivity index (χ1n) is 4.87. The normalized spacial score (nSPS) is 15.6. The van der Waals surface area contributed by atoms with E-state index in [-0.39, 0.29) is 18.7 Å². The van der Waals surface area contributed by atoms with Crippen molar-refractivity contribution < 1.29 is 14.4 Å². The van der Waals surface area contributed by atoms with Gasteiger partial charge in [0.05, 0.1) is 0 Å². The standard InChI is InChI=1S/C10H9N3O4/c14-7-4-13(5-8(15)12-7)10(17)6-2-1-3-11-9(6)16/h1-3H,4-5H2,(H,11,16)(H,12,14,15). The lowest BCUT2D eigenvalue weighted by molar-refractivity contribution is -0.135. The number of aromatic amines is 1. The molecular formula is C10H9N3O4. The van der Waals surface area contributed by atoms with Crippen LogP contribution < -0.4 is 10.9 Å². The molecule has 88 valence electrons. The zero-order chi connectivity index (χ0) is 12.4. The number of nitrogens with one attached hydrogen (secondary N) is 2. The Morgan fingerprint density at radius 2 is 1.82 bits per heavy atom. The topological polar surface area (TPSA) is 99.3 Å². The van der Waals surface area contributed by atoms with Crippen LogP contribution in [0.3, 0.4) is 0 Å². The van der Waals surface area contributed by atoms with Crippen molar-refractivity contribution in [3.63, 3.8) is 0 Å². The highest BCUT2D eigenvalue weighted by Gasteiger charge is 2.28. The van der Waals surface area contributed by atoms with Crippen molar-refractivity contribution in [2.75, 3.05) is 13.1 Å². The summed E-state index contributed by atoms with van der Waals surface area (Å²) in [6.07, 6.45) is 1.40. The lowest BCUT2D eigenvalue weighted by Gasteiger charge is -2.25. The van der Waals surface area contributed by atoms with Crippen molar-refractivity contribution in [2.45, 2.75) is 0 Å². The molecule has 1 aromatic rings. The van der Waals surface area contributed by atoms with Gasteiger partial charge in [-0.25, -0.2) is 0 Å². The lowest BCUT2D eigenvalue weighted by atomic mass is 10.2. The number of piperazine rings is 1. The van der Waals surface area contributed by atoms with Gasteiger partial charge in [-0.15, -0.1) is 0 Å². The second kappa shape index (κ2) is 4.20. The molecule has 0 saturated carbocycles. The quantitative estimate of drug-likeness (QED) is 0.577. The van der Waals surface area contributed by atoms with Gasteiger partial charge in [0.25, 0.3) is 11.5 Å². The first-order valence-corrected chi connectivity index (χ1v) is 4.87. The molecular weight excluding hydrogens is 226 g/mol. The molecule has 17 heavy (non-hydrogen) atoms. The molecule has 7 heteroatoms. The van der Waals surface area contributed by atoms with Gasteiger partial charge in [-0.2, -0.15) is 0 Å². The fourth-order valence-electron chi connectivity index (χ4n) is 1.54. The zero-order valence-electron chi connectivity index (χ0n) is 8.73. The summed E-state index contributed by atoms with van der Waals surface area (Å²) in [5.74, 6) is -1.74. The number of hydrogen-bond acceptors (Lipinski definition) is 4. The molecule has 1 aromatic heterocycles. The van der Waals surface area contributed by atoms with Crippen molar-refractivity contribution in [3.8, 4) is 0 Å². The van der Waals surface area contributed by atoms with Crippen molar-refractivity contribution >= 4 is 17.7 Å². The molecule has 0 aliphatic carbocycles. The van der Waals surface area contributed by atoms with E-state index in [9.17, 15) is 19.2 Å². The number of carbonyl (C=O) groups excluding carboxylic acids is 3. The molecule has 0 radical (unpaired) electrons. The largest absolute Gasteiger partial charge is 0.328 e. The molecule has 0 aromatic carbocycles. The fraction of sp³-hybridized carbons (Fsp3) is 0.200. The summed E-state index contributed by atoms with van der Waals surface area (Å²) >= 11 is 0. The van der Waals surface area contributed by atoms with Crippen LogP contribution in [0.5, 0.6) is 0 Å². The molecule has 0 unspecified atom stereocenters. The Balaban J connectivity index is 2.26. The Kier molecular flexibility index (Phi) is 2.73. The minimum Gasteiger partial charge on any atom is -0.328 e. The van der Waals surface area contributed by atoms with Crippen LogP contribution >= 0.6 is 0 Å². The highest BCUT2D eigenvalue weighted by Crippen LogP contribution is 2.02. The highest BCUT2D eigenvalue weighted by molar-refractivity contribution is 6.05. The number of rotatable bonds is 1. The Bertz CT molecular complexity index is 532. The maximum atomic E-state index is 11.9. The number of hydrogen-bond donors (Lipinski definition) is 2. The second-order valence-corrected chi connectivity index (χ2v) is 3.55. The van der Waals surface area contributed by atoms with Gasteiger partial charge in [-0.3, -0.25) is 24.5 Å². The minimum atomic E-state index is -0.630. The van der Waals surface area contributed by atoms with Gasteiger partial charge >= 0.3 is 0 Å². The Hall–Kier alpha value is -2.44. The summed E-state index contributed by atoms with van der Waals surface area (Å²) in [6.45, 7) is -0.447. The van der Waals surface area contributed by atoms with Crippen molar-refractivity contribution in [1.82, 2.24) is 15.2 Å². The van der Waals surface area contributed by atoms with Gasteiger partial charge in [0.15, 0.2) is 0 Å². The van der Waals surface area contributed by atoms with E-state index in [2.05, 4.69) is 10.3 Å². The zero-order valence-corrected chi connectivity index (χ0v) is 8.73. The molecule has 1 aliphatic rings. The summed E-state index contributed by atoms with van der Waals surface area (Å²) in [6, 6.07) is 2.85. The lowest BCUT2D eigenvalue weighted by Crippen LogP contribution is -2.53. The van der Waals surface area contributed by atoms with E-state index in [1.807, 2.05) is 0 Å². The van der Waals surface area contributed by atoms with Crippen LogP contribution in [0.4, 0.5) is 0 Å². The summed E-state index contributed by atoms with van der Waals surface area (Å²) in [5.41, 5.74) is -0.633. The third kappa shape index (κ3) is 2.22. The average molecular weight is 235 g/mol. The third-order valence-corrected chi connectivity index (χ3v) is 2.28. The first-order chi connectivity index (χ1) is 8.08.